The zero-order valence-electron chi connectivity index (χ0n) is 16.7. The molecule has 2 aromatic heterocycles. The minimum atomic E-state index is -0.265. The fraction of sp³-hybridized carbons (Fsp3) is 0.304. The lowest BCUT2D eigenvalue weighted by Gasteiger charge is -2.21. The van der Waals surface area contributed by atoms with Crippen LogP contribution < -0.4 is 5.32 Å². The third-order valence-electron chi connectivity index (χ3n) is 5.29. The minimum absolute atomic E-state index is 0.0584. The molecule has 6 heteroatoms. The van der Waals surface area contributed by atoms with Gasteiger partial charge in [0.25, 0.3) is 5.91 Å². The second-order valence-electron chi connectivity index (χ2n) is 7.20. The Morgan fingerprint density at radius 2 is 1.93 bits per heavy atom. The molecule has 1 amide bonds. The fourth-order valence-electron chi connectivity index (χ4n) is 3.52. The van der Waals surface area contributed by atoms with E-state index in [1.807, 2.05) is 24.3 Å². The molecule has 29 heavy (non-hydrogen) atoms. The Morgan fingerprint density at radius 1 is 1.17 bits per heavy atom. The Balaban J connectivity index is 1.46. The maximum absolute atomic E-state index is 13.0. The predicted octanol–water partition coefficient (Wildman–Crippen LogP) is 4.46. The summed E-state index contributed by atoms with van der Waals surface area (Å²) < 4.78 is 11.0. The van der Waals surface area contributed by atoms with Gasteiger partial charge in [-0.05, 0) is 48.7 Å². The third kappa shape index (κ3) is 4.17. The Kier molecular flexibility index (Phi) is 5.62. The highest BCUT2D eigenvalue weighted by atomic mass is 16.3. The van der Waals surface area contributed by atoms with Crippen molar-refractivity contribution in [3.8, 4) is 0 Å². The summed E-state index contributed by atoms with van der Waals surface area (Å²) in [5.41, 5.74) is 3.20. The number of benzene rings is 1. The average molecular weight is 391 g/mol. The molecule has 1 aromatic carbocycles. The highest BCUT2D eigenvalue weighted by Crippen LogP contribution is 2.33. The van der Waals surface area contributed by atoms with Gasteiger partial charge in [0.15, 0.2) is 0 Å². The van der Waals surface area contributed by atoms with Gasteiger partial charge in [0, 0.05) is 12.5 Å². The van der Waals surface area contributed by atoms with Crippen LogP contribution in [0.4, 0.5) is 0 Å². The summed E-state index contributed by atoms with van der Waals surface area (Å²) in [6, 6.07) is 15.6. The van der Waals surface area contributed by atoms with Crippen molar-refractivity contribution < 1.29 is 13.6 Å². The van der Waals surface area contributed by atoms with E-state index in [-0.39, 0.29) is 24.5 Å². The molecule has 0 saturated heterocycles. The number of hydrogen-bond acceptors (Lipinski definition) is 5. The van der Waals surface area contributed by atoms with Crippen molar-refractivity contribution in [2.75, 3.05) is 6.54 Å². The molecule has 0 fully saturated rings. The first-order chi connectivity index (χ1) is 14.2. The minimum Gasteiger partial charge on any atom is -0.467 e. The summed E-state index contributed by atoms with van der Waals surface area (Å²) in [5.74, 6) is 1.28. The van der Waals surface area contributed by atoms with Crippen LogP contribution in [0.3, 0.4) is 0 Å². The van der Waals surface area contributed by atoms with E-state index in [0.29, 0.717) is 17.9 Å². The van der Waals surface area contributed by atoms with Crippen LogP contribution in [-0.2, 0) is 11.2 Å². The molecule has 2 unspecified atom stereocenters. The van der Waals surface area contributed by atoms with Crippen LogP contribution in [0.15, 0.2) is 75.0 Å². The number of nitrogens with zero attached hydrogens (tertiary/aromatic N) is 2. The Bertz CT molecular complexity index is 959. The first kappa shape index (κ1) is 19.2. The van der Waals surface area contributed by atoms with Gasteiger partial charge in [-0.25, -0.2) is 5.01 Å². The van der Waals surface area contributed by atoms with Gasteiger partial charge in [-0.2, -0.15) is 5.10 Å². The van der Waals surface area contributed by atoms with Crippen LogP contribution in [0.5, 0.6) is 0 Å². The molecule has 0 spiro atoms. The van der Waals surface area contributed by atoms with Gasteiger partial charge in [0.2, 0.25) is 0 Å². The van der Waals surface area contributed by atoms with E-state index in [4.69, 9.17) is 8.83 Å². The number of rotatable bonds is 7. The van der Waals surface area contributed by atoms with Crippen molar-refractivity contribution in [1.82, 2.24) is 10.3 Å². The second-order valence-corrected chi connectivity index (χ2v) is 7.20. The molecule has 150 valence electrons. The summed E-state index contributed by atoms with van der Waals surface area (Å²) in [6.45, 7) is 4.38. The normalized spacial score (nSPS) is 17.4. The van der Waals surface area contributed by atoms with E-state index >= 15 is 0 Å². The van der Waals surface area contributed by atoms with E-state index in [2.05, 4.69) is 48.5 Å². The lowest BCUT2D eigenvalue weighted by Crippen LogP contribution is -2.36. The lowest BCUT2D eigenvalue weighted by atomic mass is 10.0. The highest BCUT2D eigenvalue weighted by Gasteiger charge is 2.35. The number of furan rings is 2. The Hall–Kier alpha value is -3.12. The molecule has 1 N–H and O–H groups in total. The van der Waals surface area contributed by atoms with Crippen molar-refractivity contribution in [3.63, 3.8) is 0 Å². The van der Waals surface area contributed by atoms with E-state index in [1.165, 1.54) is 10.6 Å². The maximum atomic E-state index is 13.0. The standard InChI is InChI=1S/C23H25N3O3/c1-3-17-8-10-18(11-9-17)16(2)24-15-23(27)26-20(22-7-5-13-29-22)14-19(25-26)21-6-4-12-28-21/h4-13,16,20,24H,3,14-15H2,1-2H3. The van der Waals surface area contributed by atoms with Gasteiger partial charge in [-0.3, -0.25) is 4.79 Å². The number of hydrogen-bond donors (Lipinski definition) is 1. The van der Waals surface area contributed by atoms with Gasteiger partial charge in [-0.1, -0.05) is 31.2 Å². The summed E-state index contributed by atoms with van der Waals surface area (Å²) in [7, 11) is 0. The van der Waals surface area contributed by atoms with Gasteiger partial charge >= 0.3 is 0 Å². The summed E-state index contributed by atoms with van der Waals surface area (Å²) in [5, 5.41) is 9.37. The average Bonchev–Trinajstić information content (AvgIpc) is 3.51. The van der Waals surface area contributed by atoms with Crippen molar-refractivity contribution in [3.05, 3.63) is 83.7 Å². The molecule has 4 rings (SSSR count). The molecular weight excluding hydrogens is 366 g/mol. The molecule has 2 atom stereocenters. The molecule has 1 aliphatic heterocycles. The first-order valence-corrected chi connectivity index (χ1v) is 9.94. The summed E-state index contributed by atoms with van der Waals surface area (Å²) in [6.07, 6.45) is 4.79. The number of amides is 1. The molecule has 3 heterocycles. The number of carbonyl (C=O) groups excluding carboxylic acids is 1. The number of aryl methyl sites for hydroxylation is 1. The maximum Gasteiger partial charge on any atom is 0.257 e. The number of carbonyl (C=O) groups is 1. The van der Waals surface area contributed by atoms with Crippen LogP contribution in [0.1, 0.15) is 55.0 Å². The third-order valence-corrected chi connectivity index (χ3v) is 5.29. The zero-order chi connectivity index (χ0) is 20.2. The van der Waals surface area contributed by atoms with Crippen molar-refractivity contribution in [2.24, 2.45) is 5.10 Å². The zero-order valence-corrected chi connectivity index (χ0v) is 16.7. The molecule has 0 saturated carbocycles. The van der Waals surface area contributed by atoms with Crippen LogP contribution >= 0.6 is 0 Å². The van der Waals surface area contributed by atoms with Gasteiger partial charge < -0.3 is 14.2 Å². The number of nitrogens with one attached hydrogen (secondary N) is 1. The van der Waals surface area contributed by atoms with Crippen LogP contribution in [-0.4, -0.2) is 23.2 Å². The van der Waals surface area contributed by atoms with Gasteiger partial charge in [0.1, 0.15) is 23.3 Å². The van der Waals surface area contributed by atoms with Gasteiger partial charge in [-0.15, -0.1) is 0 Å². The van der Waals surface area contributed by atoms with Crippen molar-refractivity contribution >= 4 is 11.6 Å². The summed E-state index contributed by atoms with van der Waals surface area (Å²) >= 11 is 0. The van der Waals surface area contributed by atoms with E-state index in [9.17, 15) is 4.79 Å². The Labute approximate surface area is 170 Å². The molecule has 0 bridgehead atoms. The van der Waals surface area contributed by atoms with Crippen molar-refractivity contribution in [2.45, 2.75) is 38.8 Å². The number of hydrazone groups is 1. The molecule has 0 aliphatic carbocycles. The molecule has 3 aromatic rings. The molecule has 6 nitrogen and oxygen atoms in total. The van der Waals surface area contributed by atoms with Gasteiger partial charge in [0.05, 0.1) is 19.1 Å². The van der Waals surface area contributed by atoms with E-state index in [1.54, 1.807) is 12.5 Å². The molecule has 0 radical (unpaired) electrons. The summed E-state index contributed by atoms with van der Waals surface area (Å²) in [4.78, 5) is 13.0. The predicted molar refractivity (Wildman–Crippen MR) is 110 cm³/mol. The molecule has 1 aliphatic rings. The van der Waals surface area contributed by atoms with E-state index in [0.717, 1.165) is 17.7 Å². The van der Waals surface area contributed by atoms with Crippen LogP contribution in [0.2, 0.25) is 0 Å². The van der Waals surface area contributed by atoms with Crippen LogP contribution in [0, 0.1) is 0 Å². The SMILES string of the molecule is CCc1ccc(C(C)NCC(=O)N2N=C(c3ccco3)CC2c2ccco2)cc1. The Morgan fingerprint density at radius 3 is 2.59 bits per heavy atom. The first-order valence-electron chi connectivity index (χ1n) is 9.94. The largest absolute Gasteiger partial charge is 0.467 e. The fourth-order valence-corrected chi connectivity index (χ4v) is 3.52. The lowest BCUT2D eigenvalue weighted by molar-refractivity contribution is -0.132. The smallest absolute Gasteiger partial charge is 0.257 e. The monoisotopic (exact) mass is 391 g/mol. The topological polar surface area (TPSA) is 71.0 Å². The molecular formula is C23H25N3O3. The second kappa shape index (κ2) is 8.49. The highest BCUT2D eigenvalue weighted by molar-refractivity contribution is 6.01. The van der Waals surface area contributed by atoms with E-state index < -0.39 is 0 Å². The van der Waals surface area contributed by atoms with Crippen molar-refractivity contribution in [1.29, 1.82) is 0 Å². The quantitative estimate of drug-likeness (QED) is 0.645. The van der Waals surface area contributed by atoms with Crippen LogP contribution in [0.25, 0.3) is 0 Å².